The van der Waals surface area contributed by atoms with Gasteiger partial charge in [-0.25, -0.2) is 0 Å². The Hall–Kier alpha value is -0.120. The topological polar surface area (TPSA) is 73.0 Å². The molecule has 0 atom stereocenters. The molecule has 0 amide bonds. The lowest BCUT2D eigenvalue weighted by Crippen LogP contribution is -2.09. The van der Waals surface area contributed by atoms with Crippen molar-refractivity contribution in [3.8, 4) is 0 Å². The predicted molar refractivity (Wildman–Crippen MR) is 48.6 cm³/mol. The number of nitrogens with two attached hydrogens (primary N) is 1. The Kier molecular flexibility index (Phi) is 38.1. The van der Waals surface area contributed by atoms with Gasteiger partial charge in [0, 0.05) is 0 Å². The largest absolute Gasteiger partial charge is 0.344 e. The van der Waals surface area contributed by atoms with Crippen molar-refractivity contribution >= 4 is 0 Å². The molecule has 0 spiro atoms. The highest BCUT2D eigenvalue weighted by Crippen LogP contribution is 1.57. The van der Waals surface area contributed by atoms with Gasteiger partial charge in [-0.15, -0.1) is 0 Å². The minimum Gasteiger partial charge on any atom is -0.344 e. The van der Waals surface area contributed by atoms with E-state index in [1.165, 1.54) is 0 Å². The molecule has 0 aliphatic carbocycles. The lowest BCUT2D eigenvalue weighted by atomic mass is 10.5. The van der Waals surface area contributed by atoms with Crippen molar-refractivity contribution in [1.82, 2.24) is 11.5 Å². The molecule has 6 N–H and O–H groups in total. The lowest BCUT2D eigenvalue weighted by molar-refractivity contribution is 0.762. The standard InChI is InChI=1S/C4H11N.C3H9N.H3N/c1-3-5-4-2;1-2-3-4;/h5H,3-4H2,1-2H3;2-4H2,1H3;1H3. The fraction of sp³-hybridized carbons (Fsp3) is 1.00. The quantitative estimate of drug-likeness (QED) is 0.563. The minimum absolute atomic E-state index is 0. The van der Waals surface area contributed by atoms with Crippen LogP contribution in [0.3, 0.4) is 0 Å². The Morgan fingerprint density at radius 1 is 1.10 bits per heavy atom. The summed E-state index contributed by atoms with van der Waals surface area (Å²) < 4.78 is 0. The van der Waals surface area contributed by atoms with Gasteiger partial charge in [-0.05, 0) is 26.1 Å². The third kappa shape index (κ3) is 45.0. The van der Waals surface area contributed by atoms with Crippen LogP contribution in [0.4, 0.5) is 0 Å². The molecule has 0 aliphatic heterocycles. The second kappa shape index (κ2) is 23.2. The van der Waals surface area contributed by atoms with Gasteiger partial charge in [0.1, 0.15) is 0 Å². The zero-order valence-corrected chi connectivity index (χ0v) is 7.61. The Labute approximate surface area is 65.0 Å². The Bertz CT molecular complexity index is 28.0. The van der Waals surface area contributed by atoms with Crippen molar-refractivity contribution < 1.29 is 0 Å². The lowest BCUT2D eigenvalue weighted by Gasteiger charge is -1.86. The van der Waals surface area contributed by atoms with E-state index in [0.717, 1.165) is 26.1 Å². The Balaban J connectivity index is -0.0000000910. The molecular formula is C7H23N3. The van der Waals surface area contributed by atoms with Gasteiger partial charge in [0.15, 0.2) is 0 Å². The molecule has 0 saturated heterocycles. The summed E-state index contributed by atoms with van der Waals surface area (Å²) in [6.45, 7) is 9.26. The first-order valence-electron chi connectivity index (χ1n) is 3.74. The van der Waals surface area contributed by atoms with Crippen LogP contribution in [0.1, 0.15) is 27.2 Å². The van der Waals surface area contributed by atoms with E-state index in [1.54, 1.807) is 0 Å². The molecular weight excluding hydrogens is 126 g/mol. The van der Waals surface area contributed by atoms with Crippen molar-refractivity contribution in [3.05, 3.63) is 0 Å². The van der Waals surface area contributed by atoms with E-state index in [4.69, 9.17) is 5.73 Å². The van der Waals surface area contributed by atoms with E-state index in [-0.39, 0.29) is 6.15 Å². The normalized spacial score (nSPS) is 7.20. The first-order valence-corrected chi connectivity index (χ1v) is 3.74. The molecule has 0 radical (unpaired) electrons. The smallest absolute Gasteiger partial charge is 0.00775 e. The van der Waals surface area contributed by atoms with Gasteiger partial charge in [-0.1, -0.05) is 20.8 Å². The molecule has 0 unspecified atom stereocenters. The van der Waals surface area contributed by atoms with Gasteiger partial charge in [0.2, 0.25) is 0 Å². The average Bonchev–Trinajstić information content (AvgIpc) is 1.91. The number of nitrogens with one attached hydrogen (secondary N) is 1. The molecule has 0 rings (SSSR count). The highest BCUT2D eigenvalue weighted by atomic mass is 14.8. The summed E-state index contributed by atoms with van der Waals surface area (Å²) in [4.78, 5) is 0. The van der Waals surface area contributed by atoms with Gasteiger partial charge < -0.3 is 17.2 Å². The van der Waals surface area contributed by atoms with Crippen molar-refractivity contribution in [2.45, 2.75) is 27.2 Å². The molecule has 0 aromatic rings. The maximum atomic E-state index is 5.03. The molecule has 0 aromatic heterocycles. The maximum absolute atomic E-state index is 5.03. The summed E-state index contributed by atoms with van der Waals surface area (Å²) in [5.41, 5.74) is 5.03. The zero-order valence-electron chi connectivity index (χ0n) is 7.61. The third-order valence-electron chi connectivity index (χ3n) is 0.789. The number of rotatable bonds is 3. The van der Waals surface area contributed by atoms with E-state index in [0.29, 0.717) is 0 Å². The van der Waals surface area contributed by atoms with Crippen LogP contribution in [0.15, 0.2) is 0 Å². The van der Waals surface area contributed by atoms with Crippen LogP contribution < -0.4 is 17.2 Å². The molecule has 0 aromatic carbocycles. The number of hydrogen-bond donors (Lipinski definition) is 3. The Morgan fingerprint density at radius 3 is 1.40 bits per heavy atom. The van der Waals surface area contributed by atoms with E-state index in [2.05, 4.69) is 26.1 Å². The van der Waals surface area contributed by atoms with Crippen LogP contribution in [0, 0.1) is 0 Å². The molecule has 10 heavy (non-hydrogen) atoms. The van der Waals surface area contributed by atoms with Gasteiger partial charge in [-0.2, -0.15) is 0 Å². The van der Waals surface area contributed by atoms with Crippen LogP contribution in [0.25, 0.3) is 0 Å². The van der Waals surface area contributed by atoms with E-state index in [1.807, 2.05) is 0 Å². The summed E-state index contributed by atoms with van der Waals surface area (Å²) in [6.07, 6.45) is 1.10. The van der Waals surface area contributed by atoms with Gasteiger partial charge in [-0.3, -0.25) is 0 Å². The predicted octanol–water partition coefficient (Wildman–Crippen LogP) is 1.13. The van der Waals surface area contributed by atoms with Gasteiger partial charge in [0.25, 0.3) is 0 Å². The number of hydrogen-bond acceptors (Lipinski definition) is 3. The van der Waals surface area contributed by atoms with E-state index >= 15 is 0 Å². The summed E-state index contributed by atoms with van der Waals surface area (Å²) in [5, 5.41) is 3.11. The van der Waals surface area contributed by atoms with Crippen molar-refractivity contribution in [1.29, 1.82) is 0 Å². The second-order valence-electron chi connectivity index (χ2n) is 1.75. The fourth-order valence-electron chi connectivity index (χ4n) is 0.250. The highest BCUT2D eigenvalue weighted by Gasteiger charge is 1.62. The SMILES string of the molecule is CCCN.CCNCC.N. The molecule has 66 valence electrons. The third-order valence-corrected chi connectivity index (χ3v) is 0.789. The van der Waals surface area contributed by atoms with Crippen LogP contribution in [-0.4, -0.2) is 19.6 Å². The van der Waals surface area contributed by atoms with Gasteiger partial charge in [0.05, 0.1) is 0 Å². The van der Waals surface area contributed by atoms with Gasteiger partial charge >= 0.3 is 0 Å². The summed E-state index contributed by atoms with van der Waals surface area (Å²) in [5.74, 6) is 0. The fourth-order valence-corrected chi connectivity index (χ4v) is 0.250. The summed E-state index contributed by atoms with van der Waals surface area (Å²) in [6, 6.07) is 0. The van der Waals surface area contributed by atoms with Crippen LogP contribution in [0.2, 0.25) is 0 Å². The first-order chi connectivity index (χ1) is 4.33. The van der Waals surface area contributed by atoms with Crippen LogP contribution >= 0.6 is 0 Å². The minimum atomic E-state index is 0. The van der Waals surface area contributed by atoms with Crippen molar-refractivity contribution in [3.63, 3.8) is 0 Å². The molecule has 0 bridgehead atoms. The van der Waals surface area contributed by atoms with Crippen molar-refractivity contribution in [2.75, 3.05) is 19.6 Å². The zero-order chi connectivity index (χ0) is 7.54. The Morgan fingerprint density at radius 2 is 1.40 bits per heavy atom. The molecule has 3 heteroatoms. The molecule has 0 saturated carbocycles. The summed E-state index contributed by atoms with van der Waals surface area (Å²) in [7, 11) is 0. The van der Waals surface area contributed by atoms with E-state index < -0.39 is 0 Å². The van der Waals surface area contributed by atoms with Crippen LogP contribution in [0.5, 0.6) is 0 Å². The van der Waals surface area contributed by atoms with Crippen LogP contribution in [-0.2, 0) is 0 Å². The monoisotopic (exact) mass is 149 g/mol. The first kappa shape index (κ1) is 16.5. The van der Waals surface area contributed by atoms with E-state index in [9.17, 15) is 0 Å². The maximum Gasteiger partial charge on any atom is -0.00775 e. The summed E-state index contributed by atoms with van der Waals surface area (Å²) >= 11 is 0. The molecule has 0 aliphatic rings. The van der Waals surface area contributed by atoms with Crippen molar-refractivity contribution in [2.24, 2.45) is 5.73 Å². The average molecular weight is 149 g/mol. The highest BCUT2D eigenvalue weighted by molar-refractivity contribution is 4.27. The molecule has 0 fully saturated rings. The second-order valence-corrected chi connectivity index (χ2v) is 1.75. The molecule has 0 heterocycles. The molecule has 3 nitrogen and oxygen atoms in total.